The summed E-state index contributed by atoms with van der Waals surface area (Å²) in [7, 11) is 0. The van der Waals surface area contributed by atoms with Crippen molar-refractivity contribution in [1.29, 1.82) is 0 Å². The topological polar surface area (TPSA) is 107 Å². The molecule has 1 aliphatic rings. The molecule has 1 amide bonds. The van der Waals surface area contributed by atoms with Crippen LogP contribution >= 0.6 is 0 Å². The van der Waals surface area contributed by atoms with Crippen LogP contribution in [0.3, 0.4) is 0 Å². The Hall–Kier alpha value is -3.23. The average molecular weight is 391 g/mol. The minimum atomic E-state index is -0.203. The number of nitrogens with zero attached hydrogens (tertiary/aromatic N) is 4. The fraction of sp³-hybridized carbons (Fsp3) is 0.286. The van der Waals surface area contributed by atoms with Gasteiger partial charge in [0.25, 0.3) is 5.91 Å². The zero-order chi connectivity index (χ0) is 20.0. The molecule has 1 atom stereocenters. The van der Waals surface area contributed by atoms with Crippen LogP contribution in [-0.2, 0) is 13.2 Å². The lowest BCUT2D eigenvalue weighted by molar-refractivity contribution is 0.0789. The minimum Gasteiger partial charge on any atom is -0.388 e. The summed E-state index contributed by atoms with van der Waals surface area (Å²) in [6, 6.07) is 13.3. The van der Waals surface area contributed by atoms with E-state index in [1.165, 1.54) is 0 Å². The van der Waals surface area contributed by atoms with Gasteiger partial charge in [0.2, 0.25) is 0 Å². The van der Waals surface area contributed by atoms with Crippen molar-refractivity contribution in [2.45, 2.75) is 25.7 Å². The van der Waals surface area contributed by atoms with Crippen LogP contribution in [0.1, 0.15) is 34.5 Å². The lowest BCUT2D eigenvalue weighted by atomic mass is 10.1. The lowest BCUT2D eigenvalue weighted by Crippen LogP contribution is -2.29. The van der Waals surface area contributed by atoms with Crippen molar-refractivity contribution in [3.63, 3.8) is 0 Å². The van der Waals surface area contributed by atoms with Gasteiger partial charge in [0.15, 0.2) is 0 Å². The third-order valence-corrected chi connectivity index (χ3v) is 5.57. The average Bonchev–Trinajstić information content (AvgIpc) is 3.47. The molecule has 5 rings (SSSR count). The fourth-order valence-electron chi connectivity index (χ4n) is 4.25. The Labute approximate surface area is 166 Å². The van der Waals surface area contributed by atoms with Gasteiger partial charge < -0.3 is 24.7 Å². The zero-order valence-electron chi connectivity index (χ0n) is 15.7. The van der Waals surface area contributed by atoms with Crippen molar-refractivity contribution >= 4 is 28.0 Å². The highest BCUT2D eigenvalue weighted by atomic mass is 16.3. The highest BCUT2D eigenvalue weighted by Gasteiger charge is 2.31. The Kier molecular flexibility index (Phi) is 4.30. The van der Waals surface area contributed by atoms with Crippen molar-refractivity contribution in [3.8, 4) is 0 Å². The molecule has 0 aliphatic carbocycles. The van der Waals surface area contributed by atoms with Gasteiger partial charge in [-0.05, 0) is 30.7 Å². The van der Waals surface area contributed by atoms with Crippen LogP contribution in [0.15, 0.2) is 42.5 Å². The molecule has 3 N–H and O–H groups in total. The van der Waals surface area contributed by atoms with E-state index in [0.29, 0.717) is 35.8 Å². The van der Waals surface area contributed by atoms with E-state index in [-0.39, 0.29) is 25.2 Å². The number of aliphatic hydroxyl groups excluding tert-OH is 2. The maximum atomic E-state index is 13.2. The molecule has 29 heavy (non-hydrogen) atoms. The van der Waals surface area contributed by atoms with Crippen LogP contribution in [0.4, 0.5) is 0 Å². The van der Waals surface area contributed by atoms with E-state index in [1.807, 2.05) is 41.3 Å². The first-order chi connectivity index (χ1) is 14.2. The summed E-state index contributed by atoms with van der Waals surface area (Å²) in [5.74, 6) is 0.980. The number of imidazole rings is 2. The number of hydrogen-bond acceptors (Lipinski definition) is 5. The van der Waals surface area contributed by atoms with Crippen molar-refractivity contribution in [1.82, 2.24) is 24.4 Å². The maximum Gasteiger partial charge on any atom is 0.256 e. The molecule has 8 nitrogen and oxygen atoms in total. The monoisotopic (exact) mass is 391 g/mol. The van der Waals surface area contributed by atoms with Crippen LogP contribution < -0.4 is 0 Å². The number of rotatable bonds is 4. The predicted octanol–water partition coefficient (Wildman–Crippen LogP) is 1.98. The zero-order valence-corrected chi connectivity index (χ0v) is 15.7. The van der Waals surface area contributed by atoms with E-state index in [9.17, 15) is 15.0 Å². The summed E-state index contributed by atoms with van der Waals surface area (Å²) in [6.07, 6.45) is 0.789. The third kappa shape index (κ3) is 2.88. The Bertz CT molecular complexity index is 1210. The van der Waals surface area contributed by atoms with Gasteiger partial charge in [0.1, 0.15) is 30.4 Å². The number of aromatic nitrogens is 4. The van der Waals surface area contributed by atoms with E-state index in [1.54, 1.807) is 6.07 Å². The van der Waals surface area contributed by atoms with E-state index < -0.39 is 0 Å². The van der Waals surface area contributed by atoms with Gasteiger partial charge in [-0.2, -0.15) is 0 Å². The number of likely N-dealkylation sites (tertiary alicyclic amines) is 1. The standard InChI is InChI=1S/C21H21N5O3/c27-11-18-22-16-6-3-4-14(20(16)24-18)21(29)25-9-8-13(10-25)26-17-7-2-1-5-15(17)23-19(26)12-28/h1-7,13,27-28H,8-12H2,(H,22,24). The molecular weight excluding hydrogens is 370 g/mol. The third-order valence-electron chi connectivity index (χ3n) is 5.57. The van der Waals surface area contributed by atoms with Gasteiger partial charge in [0.05, 0.1) is 28.2 Å². The predicted molar refractivity (Wildman–Crippen MR) is 107 cm³/mol. The second-order valence-electron chi connectivity index (χ2n) is 7.28. The van der Waals surface area contributed by atoms with Gasteiger partial charge in [-0.1, -0.05) is 18.2 Å². The molecule has 3 heterocycles. The molecule has 148 valence electrons. The number of hydrogen-bond donors (Lipinski definition) is 3. The molecule has 8 heteroatoms. The number of H-pyrrole nitrogens is 1. The first kappa shape index (κ1) is 17.8. The number of aliphatic hydroxyl groups is 2. The van der Waals surface area contributed by atoms with Crippen LogP contribution in [0.25, 0.3) is 22.1 Å². The lowest BCUT2D eigenvalue weighted by Gasteiger charge is -2.19. The SMILES string of the molecule is O=C(c1cccc2[nH]c(CO)nc12)N1CCC(n2c(CO)nc3ccccc32)C1. The molecule has 0 bridgehead atoms. The van der Waals surface area contributed by atoms with Crippen LogP contribution in [0, 0.1) is 0 Å². The summed E-state index contributed by atoms with van der Waals surface area (Å²) < 4.78 is 2.06. The van der Waals surface area contributed by atoms with Crippen LogP contribution in [-0.4, -0.2) is 53.6 Å². The summed E-state index contributed by atoms with van der Waals surface area (Å²) in [4.78, 5) is 27.0. The Balaban J connectivity index is 1.46. The maximum absolute atomic E-state index is 13.2. The van der Waals surface area contributed by atoms with Crippen molar-refractivity contribution < 1.29 is 15.0 Å². The highest BCUT2D eigenvalue weighted by molar-refractivity contribution is 6.05. The minimum absolute atomic E-state index is 0.0555. The second-order valence-corrected chi connectivity index (χ2v) is 7.28. The molecule has 1 unspecified atom stereocenters. The van der Waals surface area contributed by atoms with Gasteiger partial charge in [-0.25, -0.2) is 9.97 Å². The first-order valence-corrected chi connectivity index (χ1v) is 9.64. The van der Waals surface area contributed by atoms with Crippen molar-refractivity contribution in [3.05, 3.63) is 59.7 Å². The quantitative estimate of drug-likeness (QED) is 0.493. The highest BCUT2D eigenvalue weighted by Crippen LogP contribution is 2.30. The van der Waals surface area contributed by atoms with Gasteiger partial charge in [0, 0.05) is 13.1 Å². The number of benzene rings is 2. The molecule has 0 radical (unpaired) electrons. The number of aromatic amines is 1. The van der Waals surface area contributed by atoms with Gasteiger partial charge >= 0.3 is 0 Å². The molecule has 2 aromatic heterocycles. The number of nitrogens with one attached hydrogen (secondary N) is 1. The van der Waals surface area contributed by atoms with E-state index >= 15 is 0 Å². The number of fused-ring (bicyclic) bond motifs is 2. The summed E-state index contributed by atoms with van der Waals surface area (Å²) in [6.45, 7) is 0.815. The summed E-state index contributed by atoms with van der Waals surface area (Å²) >= 11 is 0. The number of amides is 1. The number of carbonyl (C=O) groups is 1. The smallest absolute Gasteiger partial charge is 0.256 e. The molecule has 0 spiro atoms. The number of para-hydroxylation sites is 3. The molecule has 2 aromatic carbocycles. The Morgan fingerprint density at radius 3 is 2.79 bits per heavy atom. The van der Waals surface area contributed by atoms with Crippen LogP contribution in [0.2, 0.25) is 0 Å². The Morgan fingerprint density at radius 2 is 1.97 bits per heavy atom. The molecule has 1 aliphatic heterocycles. The largest absolute Gasteiger partial charge is 0.388 e. The van der Waals surface area contributed by atoms with E-state index in [0.717, 1.165) is 23.0 Å². The molecule has 1 fully saturated rings. The molecule has 1 saturated heterocycles. The first-order valence-electron chi connectivity index (χ1n) is 9.64. The fourth-order valence-corrected chi connectivity index (χ4v) is 4.25. The van der Waals surface area contributed by atoms with E-state index in [2.05, 4.69) is 19.5 Å². The van der Waals surface area contributed by atoms with Crippen molar-refractivity contribution in [2.24, 2.45) is 0 Å². The van der Waals surface area contributed by atoms with Gasteiger partial charge in [-0.3, -0.25) is 4.79 Å². The molecule has 4 aromatic rings. The summed E-state index contributed by atoms with van der Waals surface area (Å²) in [5, 5.41) is 19.1. The number of carbonyl (C=O) groups excluding carboxylic acids is 1. The molecule has 0 saturated carbocycles. The van der Waals surface area contributed by atoms with E-state index in [4.69, 9.17) is 0 Å². The molecular formula is C21H21N5O3. The normalized spacial score (nSPS) is 16.9. The van der Waals surface area contributed by atoms with Crippen molar-refractivity contribution in [2.75, 3.05) is 13.1 Å². The van der Waals surface area contributed by atoms with Gasteiger partial charge in [-0.15, -0.1) is 0 Å². The van der Waals surface area contributed by atoms with Crippen LogP contribution in [0.5, 0.6) is 0 Å². The summed E-state index contributed by atoms with van der Waals surface area (Å²) in [5.41, 5.74) is 3.65. The Morgan fingerprint density at radius 1 is 1.10 bits per heavy atom. The second kappa shape index (κ2) is 6.98.